The third kappa shape index (κ3) is 3.68. The number of imide groups is 1. The number of nitrogens with zero attached hydrogens (tertiary/aromatic N) is 1. The number of nitrogens with one attached hydrogen (secondary N) is 1. The van der Waals surface area contributed by atoms with Crippen LogP contribution >= 0.6 is 15.9 Å². The Bertz CT molecular complexity index is 1110. The van der Waals surface area contributed by atoms with Crippen LogP contribution in [0, 0.1) is 6.92 Å². The van der Waals surface area contributed by atoms with E-state index in [0.717, 1.165) is 15.4 Å². The maximum Gasteiger partial charge on any atom is 0.261 e. The highest BCUT2D eigenvalue weighted by molar-refractivity contribution is 9.10. The topological polar surface area (TPSA) is 66.5 Å². The second-order valence-electron chi connectivity index (χ2n) is 7.11. The number of benzene rings is 3. The molecule has 0 saturated carbocycles. The van der Waals surface area contributed by atoms with Gasteiger partial charge in [-0.15, -0.1) is 0 Å². The quantitative estimate of drug-likeness (QED) is 0.560. The lowest BCUT2D eigenvalue weighted by atomic mass is 9.94. The molecule has 4 rings (SSSR count). The number of carbonyl (C=O) groups is 3. The maximum atomic E-state index is 12.9. The lowest BCUT2D eigenvalue weighted by Gasteiger charge is -2.27. The number of carbonyl (C=O) groups excluding carboxylic acids is 3. The first-order chi connectivity index (χ1) is 14.0. The van der Waals surface area contributed by atoms with Gasteiger partial charge >= 0.3 is 0 Å². The first-order valence-electron chi connectivity index (χ1n) is 9.39. The second kappa shape index (κ2) is 7.79. The summed E-state index contributed by atoms with van der Waals surface area (Å²) < 4.78 is 0.817. The van der Waals surface area contributed by atoms with E-state index in [1.165, 1.54) is 4.90 Å². The zero-order valence-corrected chi connectivity index (χ0v) is 17.5. The van der Waals surface area contributed by atoms with Crippen LogP contribution in [0.1, 0.15) is 39.1 Å². The first-order valence-corrected chi connectivity index (χ1v) is 10.2. The molecule has 1 aliphatic heterocycles. The lowest BCUT2D eigenvalue weighted by molar-refractivity contribution is -0.116. The molecule has 0 saturated heterocycles. The molecule has 0 fully saturated rings. The van der Waals surface area contributed by atoms with Gasteiger partial charge < -0.3 is 5.32 Å². The summed E-state index contributed by atoms with van der Waals surface area (Å²) in [5.74, 6) is -0.768. The van der Waals surface area contributed by atoms with Crippen molar-refractivity contribution < 1.29 is 14.4 Å². The molecule has 1 aliphatic rings. The minimum Gasteiger partial charge on any atom is -0.325 e. The van der Waals surface area contributed by atoms with Gasteiger partial charge in [-0.25, -0.2) is 0 Å². The third-order valence-corrected chi connectivity index (χ3v) is 5.70. The van der Waals surface area contributed by atoms with Crippen molar-refractivity contribution in [3.05, 3.63) is 75.8 Å². The van der Waals surface area contributed by atoms with Gasteiger partial charge in [-0.05, 0) is 64.5 Å². The van der Waals surface area contributed by atoms with E-state index in [1.807, 2.05) is 49.4 Å². The molecule has 0 aromatic heterocycles. The molecule has 5 nitrogen and oxygen atoms in total. The van der Waals surface area contributed by atoms with E-state index in [2.05, 4.69) is 21.2 Å². The van der Waals surface area contributed by atoms with Crippen molar-refractivity contribution in [3.63, 3.8) is 0 Å². The average Bonchev–Trinajstić information content (AvgIpc) is 2.70. The molecular weight excluding hydrogens is 432 g/mol. The second-order valence-corrected chi connectivity index (χ2v) is 7.96. The molecule has 3 amide bonds. The molecule has 3 aromatic rings. The molecule has 29 heavy (non-hydrogen) atoms. The zero-order chi connectivity index (χ0) is 20.5. The number of anilines is 1. The lowest BCUT2D eigenvalue weighted by Crippen LogP contribution is -2.41. The van der Waals surface area contributed by atoms with E-state index >= 15 is 0 Å². The normalized spacial score (nSPS) is 13.1. The van der Waals surface area contributed by atoms with E-state index in [-0.39, 0.29) is 30.7 Å². The molecular formula is C23H19BrN2O3. The predicted molar refractivity (Wildman–Crippen MR) is 116 cm³/mol. The summed E-state index contributed by atoms with van der Waals surface area (Å²) in [6.45, 7) is 2.17. The predicted octanol–water partition coefficient (Wildman–Crippen LogP) is 4.93. The highest BCUT2D eigenvalue weighted by Crippen LogP contribution is 2.30. The Labute approximate surface area is 176 Å². The number of rotatable bonds is 5. The summed E-state index contributed by atoms with van der Waals surface area (Å²) in [5.41, 5.74) is 2.86. The van der Waals surface area contributed by atoms with E-state index < -0.39 is 0 Å². The Morgan fingerprint density at radius 3 is 2.28 bits per heavy atom. The standard InChI is InChI=1S/C23H19BrN2O3/c1-14-10-11-19(18(24)13-14)25-20(27)9-4-12-26-22(28)16-7-2-5-15-6-3-8-17(21(15)16)23(26)29/h2-3,5-8,10-11,13H,4,9,12H2,1H3,(H,25,27). The summed E-state index contributed by atoms with van der Waals surface area (Å²) in [6.07, 6.45) is 0.605. The molecule has 0 radical (unpaired) electrons. The molecule has 3 aromatic carbocycles. The number of hydrogen-bond donors (Lipinski definition) is 1. The van der Waals surface area contributed by atoms with Crippen molar-refractivity contribution in [1.29, 1.82) is 0 Å². The Morgan fingerprint density at radius 1 is 1.00 bits per heavy atom. The maximum absolute atomic E-state index is 12.9. The fraction of sp³-hybridized carbons (Fsp3) is 0.174. The summed E-state index contributed by atoms with van der Waals surface area (Å²) >= 11 is 3.44. The fourth-order valence-corrected chi connectivity index (χ4v) is 4.21. The van der Waals surface area contributed by atoms with Crippen molar-refractivity contribution in [2.75, 3.05) is 11.9 Å². The van der Waals surface area contributed by atoms with Gasteiger partial charge in [0.25, 0.3) is 11.8 Å². The van der Waals surface area contributed by atoms with Crippen LogP contribution in [-0.4, -0.2) is 29.2 Å². The molecule has 0 spiro atoms. The Morgan fingerprint density at radius 2 is 1.66 bits per heavy atom. The van der Waals surface area contributed by atoms with E-state index in [0.29, 0.717) is 28.6 Å². The van der Waals surface area contributed by atoms with Crippen molar-refractivity contribution in [2.45, 2.75) is 19.8 Å². The van der Waals surface area contributed by atoms with Crippen LogP contribution in [0.25, 0.3) is 10.8 Å². The van der Waals surface area contributed by atoms with Crippen LogP contribution in [0.3, 0.4) is 0 Å². The molecule has 1 heterocycles. The zero-order valence-electron chi connectivity index (χ0n) is 15.9. The van der Waals surface area contributed by atoms with E-state index in [1.54, 1.807) is 12.1 Å². The van der Waals surface area contributed by atoms with Gasteiger partial charge in [-0.1, -0.05) is 30.3 Å². The molecule has 146 valence electrons. The molecule has 0 unspecified atom stereocenters. The van der Waals surface area contributed by atoms with E-state index in [4.69, 9.17) is 0 Å². The number of halogens is 1. The Balaban J connectivity index is 1.43. The summed E-state index contributed by atoms with van der Waals surface area (Å²) in [5, 5.41) is 4.45. The number of hydrogen-bond acceptors (Lipinski definition) is 3. The van der Waals surface area contributed by atoms with Crippen LogP contribution < -0.4 is 5.32 Å². The summed E-state index contributed by atoms with van der Waals surface area (Å²) in [6, 6.07) is 16.6. The van der Waals surface area contributed by atoms with Crippen LogP contribution in [0.5, 0.6) is 0 Å². The third-order valence-electron chi connectivity index (χ3n) is 5.04. The van der Waals surface area contributed by atoms with Crippen molar-refractivity contribution in [1.82, 2.24) is 4.90 Å². The summed E-state index contributed by atoms with van der Waals surface area (Å²) in [4.78, 5) is 39.2. The summed E-state index contributed by atoms with van der Waals surface area (Å²) in [7, 11) is 0. The molecule has 0 atom stereocenters. The van der Waals surface area contributed by atoms with Gasteiger partial charge in [-0.2, -0.15) is 0 Å². The van der Waals surface area contributed by atoms with Gasteiger partial charge in [0.2, 0.25) is 5.91 Å². The largest absolute Gasteiger partial charge is 0.325 e. The molecule has 6 heteroatoms. The minimum absolute atomic E-state index is 0.158. The number of aryl methyl sites for hydroxylation is 1. The molecule has 0 bridgehead atoms. The monoisotopic (exact) mass is 450 g/mol. The smallest absolute Gasteiger partial charge is 0.261 e. The average molecular weight is 451 g/mol. The van der Waals surface area contributed by atoms with Crippen molar-refractivity contribution in [3.8, 4) is 0 Å². The van der Waals surface area contributed by atoms with Crippen LogP contribution in [-0.2, 0) is 4.79 Å². The van der Waals surface area contributed by atoms with E-state index in [9.17, 15) is 14.4 Å². The van der Waals surface area contributed by atoms with Gasteiger partial charge in [0.05, 0.1) is 5.69 Å². The SMILES string of the molecule is Cc1ccc(NC(=O)CCCN2C(=O)c3cccc4cccc(c34)C2=O)c(Br)c1. The van der Waals surface area contributed by atoms with Crippen molar-refractivity contribution in [2.24, 2.45) is 0 Å². The minimum atomic E-state index is -0.305. The van der Waals surface area contributed by atoms with Gasteiger partial charge in [-0.3, -0.25) is 19.3 Å². The Kier molecular flexibility index (Phi) is 5.20. The first kappa shape index (κ1) is 19.3. The van der Waals surface area contributed by atoms with Gasteiger partial charge in [0, 0.05) is 34.0 Å². The van der Waals surface area contributed by atoms with Crippen molar-refractivity contribution >= 4 is 50.1 Å². The fourth-order valence-electron chi connectivity index (χ4n) is 3.62. The number of amides is 3. The van der Waals surface area contributed by atoms with Crippen LogP contribution in [0.4, 0.5) is 5.69 Å². The highest BCUT2D eigenvalue weighted by Gasteiger charge is 2.32. The Hall–Kier alpha value is -2.99. The molecule has 0 aliphatic carbocycles. The molecule has 1 N–H and O–H groups in total. The van der Waals surface area contributed by atoms with Gasteiger partial charge in [0.1, 0.15) is 0 Å². The highest BCUT2D eigenvalue weighted by atomic mass is 79.9. The van der Waals surface area contributed by atoms with Crippen LogP contribution in [0.15, 0.2) is 59.1 Å². The van der Waals surface area contributed by atoms with Crippen LogP contribution in [0.2, 0.25) is 0 Å². The van der Waals surface area contributed by atoms with Gasteiger partial charge in [0.15, 0.2) is 0 Å².